The van der Waals surface area contributed by atoms with E-state index in [0.717, 1.165) is 0 Å². The summed E-state index contributed by atoms with van der Waals surface area (Å²) in [6, 6.07) is 29.2. The van der Waals surface area contributed by atoms with Gasteiger partial charge in [-0.1, -0.05) is 44.2 Å². The number of hydrogen-bond donors (Lipinski definition) is 0. The topological polar surface area (TPSA) is 0 Å². The Kier molecular flexibility index (Phi) is 8.14. The normalized spacial score (nSPS) is 13.5. The molecule has 3 rings (SSSR count). The van der Waals surface area contributed by atoms with Crippen LogP contribution in [0, 0.1) is 0 Å². The van der Waals surface area contributed by atoms with Gasteiger partial charge in [0.25, 0.3) is 0 Å². The van der Waals surface area contributed by atoms with Crippen molar-refractivity contribution in [3.8, 4) is 0 Å². The molecule has 8 heteroatoms. The van der Waals surface area contributed by atoms with Gasteiger partial charge in [-0.25, -0.2) is 24.3 Å². The molecule has 0 saturated heterocycles. The summed E-state index contributed by atoms with van der Waals surface area (Å²) in [5.74, 6) is 0. The van der Waals surface area contributed by atoms with E-state index in [2.05, 4.69) is 68.4 Å². The van der Waals surface area contributed by atoms with Crippen molar-refractivity contribution in [3.05, 3.63) is 96.1 Å². The molecular formula is C19H20F6FeP-. The summed E-state index contributed by atoms with van der Waals surface area (Å²) in [6.07, 6.45) is 0. The molecule has 0 N–H and O–H groups in total. The van der Waals surface area contributed by atoms with Crippen LogP contribution in [0.2, 0.25) is 0 Å². The number of halogens is 6. The summed E-state index contributed by atoms with van der Waals surface area (Å²) in [4.78, 5) is 0. The van der Waals surface area contributed by atoms with Gasteiger partial charge in [-0.2, -0.15) is 30.3 Å². The van der Waals surface area contributed by atoms with Crippen LogP contribution in [-0.4, -0.2) is 0 Å². The van der Waals surface area contributed by atoms with Gasteiger partial charge < -0.3 is 0 Å². The van der Waals surface area contributed by atoms with Crippen LogP contribution in [0.3, 0.4) is 0 Å². The first-order valence-electron chi connectivity index (χ1n) is 7.67. The van der Waals surface area contributed by atoms with Gasteiger partial charge in [0, 0.05) is 0 Å². The molecule has 0 aliphatic carbocycles. The predicted molar refractivity (Wildman–Crippen MR) is 96.2 cm³/mol. The van der Waals surface area contributed by atoms with Gasteiger partial charge in [-0.3, -0.25) is 0 Å². The van der Waals surface area contributed by atoms with Crippen LogP contribution >= 0.6 is 7.81 Å². The molecule has 0 aromatic heterocycles. The van der Waals surface area contributed by atoms with Gasteiger partial charge in [0.15, 0.2) is 0 Å². The number of benzene rings is 1. The maximum absolute atomic E-state index is 10.7. The van der Waals surface area contributed by atoms with Gasteiger partial charge in [-0.15, -0.1) is 5.56 Å². The molecule has 152 valence electrons. The molecule has 0 aliphatic heterocycles. The maximum Gasteiger partial charge on any atom is 2.00 e. The first kappa shape index (κ1) is 25.4. The van der Waals surface area contributed by atoms with Crippen LogP contribution in [-0.2, 0) is 22.5 Å². The Morgan fingerprint density at radius 2 is 1.15 bits per heavy atom. The molecule has 0 heterocycles. The zero-order valence-electron chi connectivity index (χ0n) is 14.7. The molecule has 0 nitrogen and oxygen atoms in total. The number of hydrogen-bond acceptors (Lipinski definition) is 0. The second-order valence-corrected chi connectivity index (χ2v) is 8.00. The van der Waals surface area contributed by atoms with E-state index in [9.17, 15) is 25.2 Å². The van der Waals surface area contributed by atoms with Crippen LogP contribution < -0.4 is 0 Å². The van der Waals surface area contributed by atoms with E-state index in [1.54, 1.807) is 0 Å². The minimum atomic E-state index is -10.7. The fraction of sp³-hybridized carbons (Fsp3) is 0.158. The van der Waals surface area contributed by atoms with Crippen molar-refractivity contribution in [1.29, 1.82) is 0 Å². The Bertz CT molecular complexity index is 717. The van der Waals surface area contributed by atoms with Crippen molar-refractivity contribution in [1.82, 2.24) is 0 Å². The van der Waals surface area contributed by atoms with E-state index in [-0.39, 0.29) is 22.5 Å². The van der Waals surface area contributed by atoms with Crippen molar-refractivity contribution in [2.45, 2.75) is 19.3 Å². The van der Waals surface area contributed by atoms with Gasteiger partial charge in [0.2, 0.25) is 0 Å². The van der Waals surface area contributed by atoms with Gasteiger partial charge >= 0.3 is 50.1 Å². The molecule has 0 unspecified atom stereocenters. The van der Waals surface area contributed by atoms with Crippen molar-refractivity contribution in [3.63, 3.8) is 0 Å². The quantitative estimate of drug-likeness (QED) is 0.159. The molecule has 0 amide bonds. The summed E-state index contributed by atoms with van der Waals surface area (Å²) >= 11 is 0. The first-order chi connectivity index (χ1) is 11.7. The van der Waals surface area contributed by atoms with Gasteiger partial charge in [-0.05, 0) is 11.0 Å². The molecule has 0 saturated carbocycles. The van der Waals surface area contributed by atoms with E-state index in [0.29, 0.717) is 0 Å². The third-order valence-electron chi connectivity index (χ3n) is 3.44. The second kappa shape index (κ2) is 8.64. The van der Waals surface area contributed by atoms with Crippen LogP contribution in [0.15, 0.2) is 84.9 Å². The van der Waals surface area contributed by atoms with Gasteiger partial charge in [0.05, 0.1) is 0 Å². The molecule has 3 aromatic carbocycles. The Morgan fingerprint density at radius 3 is 1.48 bits per heavy atom. The van der Waals surface area contributed by atoms with Crippen molar-refractivity contribution in [2.24, 2.45) is 0 Å². The SMILES string of the molecule is CC(C)(c1ccccc1)[c-]1cccc1.F[P-](F)(F)(F)(F)F.[Fe+2].c1cc[cH-]c1. The van der Waals surface area contributed by atoms with E-state index >= 15 is 0 Å². The molecule has 0 fully saturated rings. The summed E-state index contributed by atoms with van der Waals surface area (Å²) < 4.78 is 59.2. The second-order valence-electron chi connectivity index (χ2n) is 6.09. The Morgan fingerprint density at radius 1 is 0.741 bits per heavy atom. The zero-order valence-corrected chi connectivity index (χ0v) is 16.7. The zero-order chi connectivity index (χ0) is 20.0. The Labute approximate surface area is 165 Å². The third kappa shape index (κ3) is 13.3. The summed E-state index contributed by atoms with van der Waals surface area (Å²) in [5, 5.41) is 0. The number of rotatable bonds is 2. The molecule has 0 bridgehead atoms. The summed E-state index contributed by atoms with van der Waals surface area (Å²) in [5.41, 5.74) is 2.86. The molecule has 0 spiro atoms. The fourth-order valence-corrected chi connectivity index (χ4v) is 2.13. The minimum absolute atomic E-state index is 0. The van der Waals surface area contributed by atoms with Crippen LogP contribution in [0.1, 0.15) is 25.0 Å². The Hall–Kier alpha value is -1.55. The largest absolute Gasteiger partial charge is 2.00 e. The van der Waals surface area contributed by atoms with Crippen molar-refractivity contribution in [2.75, 3.05) is 0 Å². The van der Waals surface area contributed by atoms with Crippen LogP contribution in [0.5, 0.6) is 0 Å². The van der Waals surface area contributed by atoms with E-state index < -0.39 is 7.81 Å². The first-order valence-corrected chi connectivity index (χ1v) is 9.70. The molecule has 0 radical (unpaired) electrons. The average molecular weight is 449 g/mol. The standard InChI is InChI=1S/C14H15.C5H5.F6P.Fe/c1-14(2,13-10-6-7-11-13)12-8-4-3-5-9-12;1-2-4-5-3-1;1-7(2,3,4,5)6;/h3-11H,1-2H3;1-5H;;/q3*-1;+2. The predicted octanol–water partition coefficient (Wildman–Crippen LogP) is 8.52. The average Bonchev–Trinajstić information content (AvgIpc) is 3.21. The van der Waals surface area contributed by atoms with E-state index in [4.69, 9.17) is 0 Å². The fourth-order valence-electron chi connectivity index (χ4n) is 2.13. The van der Waals surface area contributed by atoms with Crippen molar-refractivity contribution >= 4 is 7.81 Å². The Balaban J connectivity index is 0.000000437. The molecule has 27 heavy (non-hydrogen) atoms. The summed E-state index contributed by atoms with van der Waals surface area (Å²) in [7, 11) is -10.7. The van der Waals surface area contributed by atoms with Crippen LogP contribution in [0.25, 0.3) is 0 Å². The third-order valence-corrected chi connectivity index (χ3v) is 3.44. The molecular weight excluding hydrogens is 429 g/mol. The summed E-state index contributed by atoms with van der Waals surface area (Å²) in [6.45, 7) is 4.52. The minimum Gasteiger partial charge on any atom is -0.214 e. The van der Waals surface area contributed by atoms with Crippen molar-refractivity contribution < 1.29 is 42.3 Å². The van der Waals surface area contributed by atoms with E-state index in [1.807, 2.05) is 30.3 Å². The molecule has 0 aliphatic rings. The van der Waals surface area contributed by atoms with Gasteiger partial charge in [0.1, 0.15) is 0 Å². The molecule has 3 aromatic rings. The van der Waals surface area contributed by atoms with E-state index in [1.165, 1.54) is 11.1 Å². The maximum atomic E-state index is 9.87. The smallest absolute Gasteiger partial charge is 0.214 e. The molecule has 0 atom stereocenters. The van der Waals surface area contributed by atoms with Crippen LogP contribution in [0.4, 0.5) is 25.2 Å². The monoisotopic (exact) mass is 449 g/mol.